The molecular formula is C18H25N7O. The number of carbonyl (C=O) groups is 1. The Labute approximate surface area is 153 Å². The number of pyridine rings is 1. The summed E-state index contributed by atoms with van der Waals surface area (Å²) in [6, 6.07) is 7.78. The summed E-state index contributed by atoms with van der Waals surface area (Å²) in [4.78, 5) is 22.7. The molecule has 3 heterocycles. The lowest BCUT2D eigenvalue weighted by Crippen LogP contribution is -2.47. The number of hydrogen-bond donors (Lipinski definition) is 1. The third-order valence-electron chi connectivity index (χ3n) is 4.35. The standard InChI is InChI=1S/C18H25N7O/c1-19-18(26)15-5-7-17(22-21-15)25-10-8-24(9-11-25)16-6-4-14(12-20-16)13-23(2)3/h4-7,12H,8-11,13H2,1-3H3,(H,19,26). The molecular weight excluding hydrogens is 330 g/mol. The molecule has 138 valence electrons. The highest BCUT2D eigenvalue weighted by Gasteiger charge is 2.19. The fourth-order valence-corrected chi connectivity index (χ4v) is 2.97. The molecule has 0 atom stereocenters. The Morgan fingerprint density at radius 3 is 2.19 bits per heavy atom. The highest BCUT2D eigenvalue weighted by molar-refractivity contribution is 5.91. The van der Waals surface area contributed by atoms with Gasteiger partial charge in [-0.15, -0.1) is 10.2 Å². The molecule has 1 amide bonds. The fraction of sp³-hybridized carbons (Fsp3) is 0.444. The second-order valence-corrected chi connectivity index (χ2v) is 6.59. The monoisotopic (exact) mass is 355 g/mol. The Hall–Kier alpha value is -2.74. The van der Waals surface area contributed by atoms with Gasteiger partial charge < -0.3 is 20.0 Å². The summed E-state index contributed by atoms with van der Waals surface area (Å²) in [6.07, 6.45) is 1.95. The molecule has 0 saturated carbocycles. The smallest absolute Gasteiger partial charge is 0.271 e. The lowest BCUT2D eigenvalue weighted by molar-refractivity contribution is 0.0957. The SMILES string of the molecule is CNC(=O)c1ccc(N2CCN(c3ccc(CN(C)C)cn3)CC2)nn1. The van der Waals surface area contributed by atoms with E-state index in [4.69, 9.17) is 0 Å². The van der Waals surface area contributed by atoms with Crippen LogP contribution in [0.15, 0.2) is 30.5 Å². The van der Waals surface area contributed by atoms with Crippen LogP contribution in [0.5, 0.6) is 0 Å². The first-order valence-corrected chi connectivity index (χ1v) is 8.72. The van der Waals surface area contributed by atoms with E-state index in [1.165, 1.54) is 5.56 Å². The van der Waals surface area contributed by atoms with E-state index in [-0.39, 0.29) is 5.91 Å². The Morgan fingerprint density at radius 1 is 1.04 bits per heavy atom. The summed E-state index contributed by atoms with van der Waals surface area (Å²) in [6.45, 7) is 4.33. The van der Waals surface area contributed by atoms with E-state index in [0.29, 0.717) is 5.69 Å². The molecule has 1 fully saturated rings. The zero-order valence-corrected chi connectivity index (χ0v) is 15.5. The summed E-state index contributed by atoms with van der Waals surface area (Å²) >= 11 is 0. The van der Waals surface area contributed by atoms with E-state index in [0.717, 1.165) is 44.4 Å². The van der Waals surface area contributed by atoms with Gasteiger partial charge >= 0.3 is 0 Å². The molecule has 0 bridgehead atoms. The molecule has 2 aromatic heterocycles. The molecule has 8 heteroatoms. The average molecular weight is 355 g/mol. The minimum absolute atomic E-state index is 0.224. The molecule has 0 spiro atoms. The van der Waals surface area contributed by atoms with Crippen LogP contribution >= 0.6 is 0 Å². The van der Waals surface area contributed by atoms with Gasteiger partial charge in [0.05, 0.1) is 0 Å². The lowest BCUT2D eigenvalue weighted by atomic mass is 10.2. The summed E-state index contributed by atoms with van der Waals surface area (Å²) in [5, 5.41) is 10.7. The molecule has 8 nitrogen and oxygen atoms in total. The first kappa shape index (κ1) is 18.1. The van der Waals surface area contributed by atoms with E-state index in [9.17, 15) is 4.79 Å². The number of carbonyl (C=O) groups excluding carboxylic acids is 1. The third-order valence-corrected chi connectivity index (χ3v) is 4.35. The van der Waals surface area contributed by atoms with Crippen LogP contribution in [-0.2, 0) is 6.54 Å². The van der Waals surface area contributed by atoms with Crippen molar-refractivity contribution in [2.24, 2.45) is 0 Å². The first-order valence-electron chi connectivity index (χ1n) is 8.72. The summed E-state index contributed by atoms with van der Waals surface area (Å²) in [5.41, 5.74) is 1.54. The number of piperazine rings is 1. The van der Waals surface area contributed by atoms with Crippen LogP contribution < -0.4 is 15.1 Å². The van der Waals surface area contributed by atoms with E-state index < -0.39 is 0 Å². The van der Waals surface area contributed by atoms with E-state index in [1.54, 1.807) is 13.1 Å². The molecule has 0 radical (unpaired) electrons. The molecule has 1 N–H and O–H groups in total. The number of nitrogens with one attached hydrogen (secondary N) is 1. The fourth-order valence-electron chi connectivity index (χ4n) is 2.97. The van der Waals surface area contributed by atoms with Gasteiger partial charge in [0.15, 0.2) is 11.5 Å². The molecule has 26 heavy (non-hydrogen) atoms. The van der Waals surface area contributed by atoms with Crippen LogP contribution in [0.2, 0.25) is 0 Å². The molecule has 1 saturated heterocycles. The summed E-state index contributed by atoms with van der Waals surface area (Å²) < 4.78 is 0. The maximum atomic E-state index is 11.5. The number of hydrogen-bond acceptors (Lipinski definition) is 7. The van der Waals surface area contributed by atoms with Gasteiger partial charge in [0.1, 0.15) is 5.82 Å². The van der Waals surface area contributed by atoms with E-state index >= 15 is 0 Å². The van der Waals surface area contributed by atoms with Crippen molar-refractivity contribution in [3.63, 3.8) is 0 Å². The van der Waals surface area contributed by atoms with Crippen molar-refractivity contribution in [3.8, 4) is 0 Å². The number of anilines is 2. The zero-order chi connectivity index (χ0) is 18.5. The van der Waals surface area contributed by atoms with Gasteiger partial charge in [-0.25, -0.2) is 4.98 Å². The summed E-state index contributed by atoms with van der Waals surface area (Å²) in [5.74, 6) is 1.58. The van der Waals surface area contributed by atoms with Gasteiger partial charge in [0, 0.05) is 46.0 Å². The number of nitrogens with zero attached hydrogens (tertiary/aromatic N) is 6. The van der Waals surface area contributed by atoms with E-state index in [2.05, 4.69) is 61.4 Å². The normalized spacial score (nSPS) is 14.6. The first-order chi connectivity index (χ1) is 12.6. The molecule has 1 aliphatic heterocycles. The second kappa shape index (κ2) is 8.09. The van der Waals surface area contributed by atoms with Crippen molar-refractivity contribution in [3.05, 3.63) is 41.7 Å². The van der Waals surface area contributed by atoms with Crippen LogP contribution in [0, 0.1) is 0 Å². The lowest BCUT2D eigenvalue weighted by Gasteiger charge is -2.35. The van der Waals surface area contributed by atoms with E-state index in [1.807, 2.05) is 12.3 Å². The Kier molecular flexibility index (Phi) is 5.62. The van der Waals surface area contributed by atoms with Crippen LogP contribution in [0.3, 0.4) is 0 Å². The Morgan fingerprint density at radius 2 is 1.69 bits per heavy atom. The zero-order valence-electron chi connectivity index (χ0n) is 15.5. The van der Waals surface area contributed by atoms with Crippen molar-refractivity contribution < 1.29 is 4.79 Å². The molecule has 1 aliphatic rings. The highest BCUT2D eigenvalue weighted by atomic mass is 16.1. The minimum atomic E-state index is -0.224. The van der Waals surface area contributed by atoms with Crippen molar-refractivity contribution in [1.29, 1.82) is 0 Å². The third kappa shape index (κ3) is 4.26. The average Bonchev–Trinajstić information content (AvgIpc) is 2.68. The van der Waals surface area contributed by atoms with Gasteiger partial charge in [0.25, 0.3) is 5.91 Å². The molecule has 3 rings (SSSR count). The molecule has 0 aromatic carbocycles. The maximum Gasteiger partial charge on any atom is 0.271 e. The number of aromatic nitrogens is 3. The van der Waals surface area contributed by atoms with Crippen LogP contribution in [0.25, 0.3) is 0 Å². The van der Waals surface area contributed by atoms with Gasteiger partial charge in [-0.1, -0.05) is 6.07 Å². The topological polar surface area (TPSA) is 77.5 Å². The van der Waals surface area contributed by atoms with Gasteiger partial charge in [-0.2, -0.15) is 0 Å². The van der Waals surface area contributed by atoms with Crippen molar-refractivity contribution >= 4 is 17.5 Å². The van der Waals surface area contributed by atoms with Crippen LogP contribution in [0.4, 0.5) is 11.6 Å². The Balaban J connectivity index is 1.57. The van der Waals surface area contributed by atoms with Crippen molar-refractivity contribution in [2.45, 2.75) is 6.54 Å². The van der Waals surface area contributed by atoms with Crippen LogP contribution in [-0.4, -0.2) is 73.3 Å². The van der Waals surface area contributed by atoms with Gasteiger partial charge in [-0.3, -0.25) is 4.79 Å². The van der Waals surface area contributed by atoms with Crippen molar-refractivity contribution in [1.82, 2.24) is 25.4 Å². The predicted octanol–water partition coefficient (Wildman–Crippen LogP) is 0.619. The molecule has 0 unspecified atom stereocenters. The highest BCUT2D eigenvalue weighted by Crippen LogP contribution is 2.18. The van der Waals surface area contributed by atoms with Crippen LogP contribution in [0.1, 0.15) is 16.1 Å². The second-order valence-electron chi connectivity index (χ2n) is 6.59. The number of amides is 1. The largest absolute Gasteiger partial charge is 0.354 e. The molecule has 0 aliphatic carbocycles. The molecule has 2 aromatic rings. The minimum Gasteiger partial charge on any atom is -0.354 e. The van der Waals surface area contributed by atoms with Gasteiger partial charge in [-0.05, 0) is 37.9 Å². The Bertz CT molecular complexity index is 722. The predicted molar refractivity (Wildman–Crippen MR) is 101 cm³/mol. The maximum absolute atomic E-state index is 11.5. The quantitative estimate of drug-likeness (QED) is 0.842. The summed E-state index contributed by atoms with van der Waals surface area (Å²) in [7, 11) is 5.69. The number of rotatable bonds is 5. The van der Waals surface area contributed by atoms with Crippen molar-refractivity contribution in [2.75, 3.05) is 57.1 Å². The van der Waals surface area contributed by atoms with Gasteiger partial charge in [0.2, 0.25) is 0 Å².